The lowest BCUT2D eigenvalue weighted by Gasteiger charge is -2.21. The third kappa shape index (κ3) is 8.04. The Morgan fingerprint density at radius 3 is 2.50 bits per heavy atom. The maximum atomic E-state index is 13.1. The minimum atomic E-state index is -4.35. The quantitative estimate of drug-likeness (QED) is 0.390. The van der Waals surface area contributed by atoms with Gasteiger partial charge in [-0.15, -0.1) is 17.0 Å². The van der Waals surface area contributed by atoms with E-state index in [0.29, 0.717) is 14.9 Å². The predicted molar refractivity (Wildman–Crippen MR) is 135 cm³/mol. The molecule has 0 saturated carbocycles. The number of carboxylic acid groups (broad SMARTS) is 1. The van der Waals surface area contributed by atoms with Crippen LogP contribution in [0.25, 0.3) is 11.4 Å². The van der Waals surface area contributed by atoms with Crippen molar-refractivity contribution in [3.05, 3.63) is 85.8 Å². The summed E-state index contributed by atoms with van der Waals surface area (Å²) in [5.41, 5.74) is 7.19. The number of hydrogen-bond donors (Lipinski definition) is 2. The van der Waals surface area contributed by atoms with E-state index in [1.807, 2.05) is 0 Å². The molecule has 0 radical (unpaired) electrons. The zero-order valence-corrected chi connectivity index (χ0v) is 21.1. The van der Waals surface area contributed by atoms with Crippen LogP contribution in [0.1, 0.15) is 22.5 Å². The Balaban J connectivity index is 0.000000230. The lowest BCUT2D eigenvalue weighted by molar-refractivity contribution is -0.148. The van der Waals surface area contributed by atoms with Gasteiger partial charge in [0, 0.05) is 31.4 Å². The van der Waals surface area contributed by atoms with Gasteiger partial charge in [-0.3, -0.25) is 23.9 Å². The van der Waals surface area contributed by atoms with Gasteiger partial charge in [0.1, 0.15) is 11.9 Å². The van der Waals surface area contributed by atoms with Crippen LogP contribution in [0, 0.1) is 5.82 Å². The van der Waals surface area contributed by atoms with Gasteiger partial charge in [-0.25, -0.2) is 4.39 Å². The van der Waals surface area contributed by atoms with E-state index in [1.165, 1.54) is 39.8 Å². The van der Waals surface area contributed by atoms with Crippen molar-refractivity contribution in [3.63, 3.8) is 0 Å². The summed E-state index contributed by atoms with van der Waals surface area (Å²) in [6.45, 7) is -0.338. The molecule has 8 nitrogen and oxygen atoms in total. The number of halogens is 5. The minimum Gasteiger partial charge on any atom is -0.696 e. The maximum absolute atomic E-state index is 13.1. The van der Waals surface area contributed by atoms with E-state index in [2.05, 4.69) is 5.32 Å². The highest BCUT2D eigenvalue weighted by Crippen LogP contribution is 2.26. The Kier molecular flexibility index (Phi) is 9.52. The van der Waals surface area contributed by atoms with Gasteiger partial charge in [-0.05, 0) is 36.8 Å². The number of carboxylic acids is 1. The largest absolute Gasteiger partial charge is 0.696 e. The van der Waals surface area contributed by atoms with Gasteiger partial charge in [0.15, 0.2) is 0 Å². The summed E-state index contributed by atoms with van der Waals surface area (Å²) >= 11 is 6.81. The first-order valence-corrected chi connectivity index (χ1v) is 12.3. The first kappa shape index (κ1) is 29.1. The number of benzene rings is 1. The fourth-order valence-corrected chi connectivity index (χ4v) is 4.72. The van der Waals surface area contributed by atoms with Crippen molar-refractivity contribution in [3.8, 4) is 5.69 Å². The number of hydrogen-bond acceptors (Lipinski definition) is 5. The standard InChI is InChI=1S/C13H14ClF3N2O3S.C11H8FN2O/c14-10-2-1-9(23-10)11(20)18-7-5-8(12(21)22)19(6-7)4-3-13(15,16)17;12-9-7-8(4-5-10(9)13)14-6-2-1-3-11(14)15/h1-2,7-8H,3-6H2,(H,18,20)(H,21,22);1-7,13H/q;-1. The molecule has 1 aromatic carbocycles. The van der Waals surface area contributed by atoms with Crippen LogP contribution >= 0.6 is 22.9 Å². The van der Waals surface area contributed by atoms with E-state index in [0.717, 1.165) is 11.3 Å². The Morgan fingerprint density at radius 2 is 1.92 bits per heavy atom. The van der Waals surface area contributed by atoms with Gasteiger partial charge < -0.3 is 16.2 Å². The lowest BCUT2D eigenvalue weighted by atomic mass is 10.1. The highest BCUT2D eigenvalue weighted by Gasteiger charge is 2.39. The van der Waals surface area contributed by atoms with Gasteiger partial charge in [-0.1, -0.05) is 23.7 Å². The highest BCUT2D eigenvalue weighted by molar-refractivity contribution is 7.18. The summed E-state index contributed by atoms with van der Waals surface area (Å²) in [4.78, 5) is 36.2. The molecule has 3 heterocycles. The fourth-order valence-electron chi connectivity index (χ4n) is 3.77. The molecule has 3 N–H and O–H groups in total. The van der Waals surface area contributed by atoms with E-state index in [-0.39, 0.29) is 24.2 Å². The van der Waals surface area contributed by atoms with Crippen LogP contribution < -0.4 is 10.9 Å². The highest BCUT2D eigenvalue weighted by atomic mass is 35.5. The number of pyridine rings is 1. The molecule has 1 saturated heterocycles. The molecular formula is C24H22ClF4N4O4S-. The van der Waals surface area contributed by atoms with Crippen molar-refractivity contribution in [2.45, 2.75) is 31.1 Å². The second-order valence-corrected chi connectivity index (χ2v) is 10.0. The predicted octanol–water partition coefficient (Wildman–Crippen LogP) is 5.27. The molecule has 2 atom stereocenters. The van der Waals surface area contributed by atoms with Crippen molar-refractivity contribution < 1.29 is 32.3 Å². The molecule has 14 heteroatoms. The number of nitrogens with zero attached hydrogens (tertiary/aromatic N) is 2. The SMILES string of the molecule is O=C(NC1CC(C(=O)O)N(CCC(F)(F)F)C1)c1ccc(Cl)s1.[NH-]c1ccc(-n2ccccc2=O)cc1F. The molecule has 4 rings (SSSR count). The van der Waals surface area contributed by atoms with Crippen LogP contribution in [0.15, 0.2) is 59.5 Å². The Morgan fingerprint density at radius 1 is 1.18 bits per heavy atom. The summed E-state index contributed by atoms with van der Waals surface area (Å²) in [6, 6.07) is 10.3. The number of aliphatic carboxylic acids is 1. The maximum Gasteiger partial charge on any atom is 0.390 e. The molecule has 3 aromatic rings. The molecule has 1 amide bonds. The Bertz CT molecular complexity index is 1350. The number of amides is 1. The minimum absolute atomic E-state index is 0.0674. The van der Waals surface area contributed by atoms with Crippen LogP contribution in [0.2, 0.25) is 4.34 Å². The van der Waals surface area contributed by atoms with Crippen LogP contribution in [-0.4, -0.2) is 57.8 Å². The fraction of sp³-hybridized carbons (Fsp3) is 0.292. The summed E-state index contributed by atoms with van der Waals surface area (Å²) in [5, 5.41) is 11.8. The van der Waals surface area contributed by atoms with E-state index < -0.39 is 48.9 Å². The third-order valence-corrected chi connectivity index (χ3v) is 6.79. The summed E-state index contributed by atoms with van der Waals surface area (Å²) in [7, 11) is 0. The number of thiophene rings is 1. The molecule has 1 aliphatic rings. The number of likely N-dealkylation sites (tertiary alicyclic amines) is 1. The van der Waals surface area contributed by atoms with Gasteiger partial charge in [0.25, 0.3) is 11.5 Å². The molecular weight excluding hydrogens is 552 g/mol. The number of carbonyl (C=O) groups is 2. The summed E-state index contributed by atoms with van der Waals surface area (Å²) in [6.07, 6.45) is -3.81. The molecule has 204 valence electrons. The zero-order valence-electron chi connectivity index (χ0n) is 19.5. The Hall–Kier alpha value is -3.42. The number of carbonyl (C=O) groups excluding carboxylic acids is 1. The first-order valence-electron chi connectivity index (χ1n) is 11.1. The zero-order chi connectivity index (χ0) is 28.0. The summed E-state index contributed by atoms with van der Waals surface area (Å²) in [5.74, 6) is -2.24. The Labute approximate surface area is 223 Å². The number of aromatic nitrogens is 1. The average Bonchev–Trinajstić information content (AvgIpc) is 3.46. The molecule has 0 aliphatic carbocycles. The average molecular weight is 574 g/mol. The monoisotopic (exact) mass is 573 g/mol. The van der Waals surface area contributed by atoms with Crippen molar-refractivity contribution >= 4 is 40.5 Å². The van der Waals surface area contributed by atoms with Gasteiger partial charge in [-0.2, -0.15) is 13.2 Å². The first-order chi connectivity index (χ1) is 17.8. The van der Waals surface area contributed by atoms with Crippen molar-refractivity contribution in [2.75, 3.05) is 13.1 Å². The van der Waals surface area contributed by atoms with E-state index >= 15 is 0 Å². The molecule has 0 bridgehead atoms. The van der Waals surface area contributed by atoms with Crippen LogP contribution in [0.4, 0.5) is 23.2 Å². The topological polar surface area (TPSA) is 115 Å². The van der Waals surface area contributed by atoms with Crippen molar-refractivity contribution in [1.82, 2.24) is 14.8 Å². The van der Waals surface area contributed by atoms with E-state index in [9.17, 15) is 31.9 Å². The van der Waals surface area contributed by atoms with Crippen LogP contribution in [-0.2, 0) is 4.79 Å². The molecule has 38 heavy (non-hydrogen) atoms. The molecule has 2 unspecified atom stereocenters. The molecule has 0 spiro atoms. The summed E-state index contributed by atoms with van der Waals surface area (Å²) < 4.78 is 51.8. The van der Waals surface area contributed by atoms with Gasteiger partial charge in [0.05, 0.1) is 21.3 Å². The van der Waals surface area contributed by atoms with Crippen molar-refractivity contribution in [1.29, 1.82) is 0 Å². The lowest BCUT2D eigenvalue weighted by Crippen LogP contribution is -2.39. The second-order valence-electron chi connectivity index (χ2n) is 8.30. The normalized spacial score (nSPS) is 17.5. The van der Waals surface area contributed by atoms with Crippen LogP contribution in [0.3, 0.4) is 0 Å². The molecule has 1 fully saturated rings. The van der Waals surface area contributed by atoms with E-state index in [1.54, 1.807) is 24.4 Å². The molecule has 1 aliphatic heterocycles. The number of rotatable bonds is 6. The third-order valence-electron chi connectivity index (χ3n) is 5.56. The molecule has 2 aromatic heterocycles. The smallest absolute Gasteiger partial charge is 0.390 e. The van der Waals surface area contributed by atoms with Gasteiger partial charge >= 0.3 is 12.1 Å². The van der Waals surface area contributed by atoms with E-state index in [4.69, 9.17) is 22.4 Å². The van der Waals surface area contributed by atoms with Crippen LogP contribution in [0.5, 0.6) is 0 Å². The van der Waals surface area contributed by atoms with Crippen molar-refractivity contribution in [2.24, 2.45) is 0 Å². The second kappa shape index (κ2) is 12.4. The van der Waals surface area contributed by atoms with Gasteiger partial charge in [0.2, 0.25) is 0 Å². The number of alkyl halides is 3. The number of nitrogens with one attached hydrogen (secondary N) is 2.